The number of nitrogens with zero attached hydrogens (tertiary/aromatic N) is 1. The third kappa shape index (κ3) is 3.82. The van der Waals surface area contributed by atoms with Gasteiger partial charge in [-0.05, 0) is 36.9 Å². The Morgan fingerprint density at radius 1 is 1.30 bits per heavy atom. The lowest BCUT2D eigenvalue weighted by atomic mass is 10.1. The molecule has 1 aromatic heterocycles. The first-order chi connectivity index (χ1) is 9.60. The molecule has 4 nitrogen and oxygen atoms in total. The van der Waals surface area contributed by atoms with Crippen molar-refractivity contribution in [1.82, 2.24) is 5.32 Å². The van der Waals surface area contributed by atoms with Gasteiger partial charge in [0, 0.05) is 28.4 Å². The second kappa shape index (κ2) is 6.88. The molecule has 106 valence electrons. The predicted molar refractivity (Wildman–Crippen MR) is 84.5 cm³/mol. The van der Waals surface area contributed by atoms with Gasteiger partial charge in [0.15, 0.2) is 0 Å². The van der Waals surface area contributed by atoms with Crippen LogP contribution in [0.3, 0.4) is 0 Å². The topological polar surface area (TPSA) is 55.2 Å². The first-order valence-electron chi connectivity index (χ1n) is 6.20. The molecule has 2 aromatic rings. The third-order valence-electron chi connectivity index (χ3n) is 3.03. The summed E-state index contributed by atoms with van der Waals surface area (Å²) in [4.78, 5) is 12.5. The van der Waals surface area contributed by atoms with Crippen LogP contribution < -0.4 is 5.32 Å². The summed E-state index contributed by atoms with van der Waals surface area (Å²) in [7, 11) is 0. The highest BCUT2D eigenvalue weighted by Crippen LogP contribution is 2.25. The van der Waals surface area contributed by atoms with E-state index in [4.69, 9.17) is 0 Å². The number of thiophene rings is 1. The standard InChI is InChI=1S/C14H16N2O2S2/c1-10(11-3-5-12(19-2)6-4-11)15-9-13-7-8-14(20-13)16(17)18/h3-8,10,15H,9H2,1-2H3. The van der Waals surface area contributed by atoms with Crippen molar-refractivity contribution < 1.29 is 4.92 Å². The van der Waals surface area contributed by atoms with Gasteiger partial charge >= 0.3 is 5.00 Å². The molecule has 0 radical (unpaired) electrons. The van der Waals surface area contributed by atoms with E-state index in [1.165, 1.54) is 21.8 Å². The normalized spacial score (nSPS) is 12.3. The molecule has 2 rings (SSSR count). The fraction of sp³-hybridized carbons (Fsp3) is 0.286. The van der Waals surface area contributed by atoms with Gasteiger partial charge in [-0.2, -0.15) is 0 Å². The highest BCUT2D eigenvalue weighted by Gasteiger charge is 2.11. The van der Waals surface area contributed by atoms with Gasteiger partial charge in [0.2, 0.25) is 0 Å². The molecule has 0 spiro atoms. The number of rotatable bonds is 6. The summed E-state index contributed by atoms with van der Waals surface area (Å²) in [6, 6.07) is 12.0. The van der Waals surface area contributed by atoms with Crippen molar-refractivity contribution in [2.45, 2.75) is 24.4 Å². The molecule has 1 N–H and O–H groups in total. The molecule has 1 atom stereocenters. The van der Waals surface area contributed by atoms with Crippen molar-refractivity contribution >= 4 is 28.1 Å². The number of hydrogen-bond acceptors (Lipinski definition) is 5. The van der Waals surface area contributed by atoms with Gasteiger partial charge in [0.05, 0.1) is 4.92 Å². The fourth-order valence-corrected chi connectivity index (χ4v) is 3.00. The number of thioether (sulfide) groups is 1. The fourth-order valence-electron chi connectivity index (χ4n) is 1.82. The van der Waals surface area contributed by atoms with E-state index < -0.39 is 0 Å². The number of nitro groups is 1. The third-order valence-corrected chi connectivity index (χ3v) is 4.81. The van der Waals surface area contributed by atoms with Crippen molar-refractivity contribution in [2.75, 3.05) is 6.26 Å². The van der Waals surface area contributed by atoms with E-state index >= 15 is 0 Å². The maximum atomic E-state index is 10.6. The molecular formula is C14H16N2O2S2. The van der Waals surface area contributed by atoms with Gasteiger partial charge in [0.1, 0.15) is 0 Å². The summed E-state index contributed by atoms with van der Waals surface area (Å²) in [6.45, 7) is 2.74. The van der Waals surface area contributed by atoms with E-state index in [2.05, 4.69) is 42.8 Å². The average molecular weight is 308 g/mol. The zero-order chi connectivity index (χ0) is 14.5. The largest absolute Gasteiger partial charge is 0.324 e. The zero-order valence-corrected chi connectivity index (χ0v) is 13.0. The van der Waals surface area contributed by atoms with Crippen molar-refractivity contribution in [3.8, 4) is 0 Å². The minimum Gasteiger partial charge on any atom is -0.305 e. The lowest BCUT2D eigenvalue weighted by molar-refractivity contribution is -0.380. The van der Waals surface area contributed by atoms with Crippen LogP contribution in [0.25, 0.3) is 0 Å². The minimum absolute atomic E-state index is 0.193. The molecular weight excluding hydrogens is 292 g/mol. The maximum absolute atomic E-state index is 10.6. The maximum Gasteiger partial charge on any atom is 0.324 e. The highest BCUT2D eigenvalue weighted by atomic mass is 32.2. The van der Waals surface area contributed by atoms with Crippen molar-refractivity contribution in [3.63, 3.8) is 0 Å². The SMILES string of the molecule is CSc1ccc(C(C)NCc2ccc([N+](=O)[O-])s2)cc1. The van der Waals surface area contributed by atoms with Crippen LogP contribution in [-0.4, -0.2) is 11.2 Å². The average Bonchev–Trinajstić information content (AvgIpc) is 2.94. The number of nitrogens with one attached hydrogen (secondary N) is 1. The van der Waals surface area contributed by atoms with E-state index in [1.54, 1.807) is 23.9 Å². The summed E-state index contributed by atoms with van der Waals surface area (Å²) < 4.78 is 0. The molecule has 0 aliphatic rings. The molecule has 1 heterocycles. The first-order valence-corrected chi connectivity index (χ1v) is 8.24. The van der Waals surface area contributed by atoms with Gasteiger partial charge in [0.25, 0.3) is 0 Å². The van der Waals surface area contributed by atoms with Gasteiger partial charge in [-0.1, -0.05) is 23.5 Å². The lowest BCUT2D eigenvalue weighted by Crippen LogP contribution is -2.17. The Morgan fingerprint density at radius 3 is 2.55 bits per heavy atom. The summed E-state index contributed by atoms with van der Waals surface area (Å²) in [5.41, 5.74) is 1.22. The van der Waals surface area contributed by atoms with Crippen LogP contribution in [0.4, 0.5) is 5.00 Å². The Hall–Kier alpha value is -1.37. The quantitative estimate of drug-likeness (QED) is 0.493. The molecule has 0 aliphatic heterocycles. The van der Waals surface area contributed by atoms with E-state index in [9.17, 15) is 10.1 Å². The second-order valence-electron chi connectivity index (χ2n) is 4.37. The van der Waals surface area contributed by atoms with Gasteiger partial charge in [-0.15, -0.1) is 11.8 Å². The Balaban J connectivity index is 1.93. The highest BCUT2D eigenvalue weighted by molar-refractivity contribution is 7.98. The van der Waals surface area contributed by atoms with Crippen LogP contribution in [0, 0.1) is 10.1 Å². The number of hydrogen-bond donors (Lipinski definition) is 1. The second-order valence-corrected chi connectivity index (χ2v) is 6.40. The van der Waals surface area contributed by atoms with E-state index in [0.717, 1.165) is 4.88 Å². The zero-order valence-electron chi connectivity index (χ0n) is 11.3. The van der Waals surface area contributed by atoms with Gasteiger partial charge in [-0.3, -0.25) is 10.1 Å². The summed E-state index contributed by atoms with van der Waals surface area (Å²) in [6.07, 6.45) is 2.06. The van der Waals surface area contributed by atoms with Crippen LogP contribution in [0.5, 0.6) is 0 Å². The minimum atomic E-state index is -0.348. The monoisotopic (exact) mass is 308 g/mol. The van der Waals surface area contributed by atoms with Crippen LogP contribution in [-0.2, 0) is 6.54 Å². The summed E-state index contributed by atoms with van der Waals surface area (Å²) in [5, 5.41) is 14.2. The molecule has 1 unspecified atom stereocenters. The van der Waals surface area contributed by atoms with Crippen molar-refractivity contribution in [2.24, 2.45) is 0 Å². The Bertz CT molecular complexity index is 581. The molecule has 0 aliphatic carbocycles. The smallest absolute Gasteiger partial charge is 0.305 e. The molecule has 1 aromatic carbocycles. The van der Waals surface area contributed by atoms with Crippen LogP contribution in [0.1, 0.15) is 23.4 Å². The predicted octanol–water partition coefficient (Wildman–Crippen LogP) is 4.23. The Kier molecular flexibility index (Phi) is 5.17. The van der Waals surface area contributed by atoms with E-state index in [-0.39, 0.29) is 16.0 Å². The summed E-state index contributed by atoms with van der Waals surface area (Å²) in [5.74, 6) is 0. The molecule has 0 fully saturated rings. The van der Waals surface area contributed by atoms with Crippen LogP contribution in [0.15, 0.2) is 41.3 Å². The van der Waals surface area contributed by atoms with Crippen molar-refractivity contribution in [1.29, 1.82) is 0 Å². The Morgan fingerprint density at radius 2 is 2.00 bits per heavy atom. The molecule has 0 saturated heterocycles. The first kappa shape index (κ1) is 15.0. The van der Waals surface area contributed by atoms with Gasteiger partial charge in [-0.25, -0.2) is 0 Å². The lowest BCUT2D eigenvalue weighted by Gasteiger charge is -2.13. The molecule has 0 amide bonds. The summed E-state index contributed by atoms with van der Waals surface area (Å²) >= 11 is 2.94. The van der Waals surface area contributed by atoms with Crippen LogP contribution >= 0.6 is 23.1 Å². The van der Waals surface area contributed by atoms with E-state index in [0.29, 0.717) is 6.54 Å². The van der Waals surface area contributed by atoms with Crippen LogP contribution in [0.2, 0.25) is 0 Å². The van der Waals surface area contributed by atoms with Crippen molar-refractivity contribution in [3.05, 3.63) is 57.0 Å². The molecule has 0 bridgehead atoms. The Labute approximate surface area is 126 Å². The number of benzene rings is 1. The molecule has 6 heteroatoms. The van der Waals surface area contributed by atoms with Gasteiger partial charge < -0.3 is 5.32 Å². The molecule has 0 saturated carbocycles. The molecule has 20 heavy (non-hydrogen) atoms. The van der Waals surface area contributed by atoms with E-state index in [1.807, 2.05) is 0 Å².